The summed E-state index contributed by atoms with van der Waals surface area (Å²) in [7, 11) is 0. The molecule has 0 spiro atoms. The normalized spacial score (nSPS) is 12.4. The van der Waals surface area contributed by atoms with Crippen LogP contribution in [0.2, 0.25) is 0 Å². The van der Waals surface area contributed by atoms with Crippen LogP contribution in [0.3, 0.4) is 0 Å². The molecule has 2 unspecified atom stereocenters. The maximum atomic E-state index is 12.8. The van der Waals surface area contributed by atoms with E-state index in [4.69, 9.17) is 28.4 Å². The van der Waals surface area contributed by atoms with Gasteiger partial charge in [-0.1, -0.05) is 112 Å². The molecule has 0 N–H and O–H groups in total. The first-order chi connectivity index (χ1) is 25.0. The van der Waals surface area contributed by atoms with Crippen molar-refractivity contribution in [3.8, 4) is 11.5 Å². The third-order valence-corrected chi connectivity index (χ3v) is 8.53. The highest BCUT2D eigenvalue weighted by Gasteiger charge is 2.23. The largest absolute Gasteiger partial charge is 0.488 e. The van der Waals surface area contributed by atoms with Crippen molar-refractivity contribution in [3.05, 3.63) is 71.8 Å². The number of benzene rings is 3. The second-order valence-electron chi connectivity index (χ2n) is 14.2. The van der Waals surface area contributed by atoms with Crippen molar-refractivity contribution in [2.75, 3.05) is 39.6 Å². The van der Waals surface area contributed by atoms with E-state index in [0.29, 0.717) is 37.6 Å². The first-order valence-corrected chi connectivity index (χ1v) is 19.1. The maximum Gasteiger partial charge on any atom is 0.306 e. The van der Waals surface area contributed by atoms with E-state index in [1.165, 1.54) is 0 Å². The molecule has 0 radical (unpaired) electrons. The van der Waals surface area contributed by atoms with Gasteiger partial charge in [-0.25, -0.2) is 0 Å². The Morgan fingerprint density at radius 2 is 0.981 bits per heavy atom. The molecule has 52 heavy (non-hydrogen) atoms. The smallest absolute Gasteiger partial charge is 0.306 e. The first-order valence-electron chi connectivity index (χ1n) is 19.1. The fourth-order valence-electron chi connectivity index (χ4n) is 5.89. The highest BCUT2D eigenvalue weighted by Crippen LogP contribution is 2.43. The lowest BCUT2D eigenvalue weighted by atomic mass is 9.97. The lowest BCUT2D eigenvalue weighted by Gasteiger charge is -2.23. The highest BCUT2D eigenvalue weighted by atomic mass is 16.6. The Labute approximate surface area is 311 Å². The molecule has 0 saturated carbocycles. The molecule has 0 aliphatic carbocycles. The van der Waals surface area contributed by atoms with Gasteiger partial charge in [0.25, 0.3) is 0 Å². The van der Waals surface area contributed by atoms with Crippen LogP contribution < -0.4 is 9.47 Å². The summed E-state index contributed by atoms with van der Waals surface area (Å²) in [5.74, 6) is 0.837. The van der Waals surface area contributed by atoms with Crippen LogP contribution in [0, 0.1) is 13.8 Å². The number of carbonyl (C=O) groups excluding carboxylic acids is 2. The number of unbranched alkanes of at least 4 members (excludes halogenated alkanes) is 6. The van der Waals surface area contributed by atoms with Crippen LogP contribution in [-0.4, -0.2) is 63.8 Å². The zero-order valence-corrected chi connectivity index (χ0v) is 32.6. The van der Waals surface area contributed by atoms with E-state index in [1.54, 1.807) is 0 Å². The van der Waals surface area contributed by atoms with Gasteiger partial charge in [0.2, 0.25) is 0 Å². The number of fused-ring (bicyclic) bond motifs is 2. The lowest BCUT2D eigenvalue weighted by molar-refractivity contribution is -0.154. The van der Waals surface area contributed by atoms with Crippen LogP contribution in [0.25, 0.3) is 21.5 Å². The summed E-state index contributed by atoms with van der Waals surface area (Å²) in [6, 6.07) is 12.3. The second kappa shape index (κ2) is 22.9. The summed E-state index contributed by atoms with van der Waals surface area (Å²) in [5, 5.41) is 3.44. The fraction of sp³-hybridized carbons (Fsp3) is 0.545. The van der Waals surface area contributed by atoms with Gasteiger partial charge in [0.05, 0.1) is 26.4 Å². The molecule has 8 nitrogen and oxygen atoms in total. The average Bonchev–Trinajstić information content (AvgIpc) is 3.09. The van der Waals surface area contributed by atoms with Crippen molar-refractivity contribution in [3.63, 3.8) is 0 Å². The molecule has 2 atom stereocenters. The Kier molecular flexibility index (Phi) is 18.8. The van der Waals surface area contributed by atoms with Gasteiger partial charge in [-0.05, 0) is 52.7 Å². The molecule has 0 bridgehead atoms. The van der Waals surface area contributed by atoms with Gasteiger partial charge >= 0.3 is 11.9 Å². The van der Waals surface area contributed by atoms with Crippen LogP contribution >= 0.6 is 0 Å². The summed E-state index contributed by atoms with van der Waals surface area (Å²) in [4.78, 5) is 25.7. The van der Waals surface area contributed by atoms with Gasteiger partial charge in [0.1, 0.15) is 24.7 Å². The maximum absolute atomic E-state index is 12.8. The molecule has 0 aliphatic heterocycles. The Hall–Kier alpha value is -3.88. The Balaban J connectivity index is 1.93. The average molecular weight is 719 g/mol. The molecule has 286 valence electrons. The number of hydrogen-bond donors (Lipinski definition) is 0. The Bertz CT molecular complexity index is 1490. The van der Waals surface area contributed by atoms with Gasteiger partial charge < -0.3 is 28.4 Å². The second-order valence-corrected chi connectivity index (χ2v) is 14.2. The molecule has 3 rings (SSSR count). The number of hydrogen-bond acceptors (Lipinski definition) is 8. The molecule has 0 saturated heterocycles. The van der Waals surface area contributed by atoms with E-state index in [-0.39, 0.29) is 38.4 Å². The predicted molar refractivity (Wildman–Crippen MR) is 210 cm³/mol. The minimum atomic E-state index is -0.606. The van der Waals surface area contributed by atoms with Crippen molar-refractivity contribution in [1.29, 1.82) is 0 Å². The van der Waals surface area contributed by atoms with Gasteiger partial charge in [0.15, 0.2) is 12.2 Å². The van der Waals surface area contributed by atoms with Crippen LogP contribution in [-0.2, 0) is 28.5 Å². The molecule has 3 aromatic rings. The molecular weight excluding hydrogens is 656 g/mol. The minimum absolute atomic E-state index is 0.111. The third kappa shape index (κ3) is 14.6. The highest BCUT2D eigenvalue weighted by molar-refractivity contribution is 6.11. The molecule has 0 fully saturated rings. The summed E-state index contributed by atoms with van der Waals surface area (Å²) in [6.07, 6.45) is 7.47. The van der Waals surface area contributed by atoms with Crippen molar-refractivity contribution in [1.82, 2.24) is 0 Å². The summed E-state index contributed by atoms with van der Waals surface area (Å²) in [5.41, 5.74) is 3.88. The van der Waals surface area contributed by atoms with Crippen molar-refractivity contribution < 1.29 is 38.0 Å². The number of aryl methyl sites for hydroxylation is 2. The molecular formula is C44H62O8. The number of rotatable bonds is 26. The van der Waals surface area contributed by atoms with Gasteiger partial charge in [-0.2, -0.15) is 0 Å². The molecule has 0 aromatic heterocycles. The van der Waals surface area contributed by atoms with Crippen LogP contribution in [0.4, 0.5) is 0 Å². The molecule has 8 heteroatoms. The Morgan fingerprint density at radius 3 is 1.35 bits per heavy atom. The van der Waals surface area contributed by atoms with Crippen LogP contribution in [0.15, 0.2) is 60.7 Å². The topological polar surface area (TPSA) is 89.5 Å². The van der Waals surface area contributed by atoms with E-state index in [2.05, 4.69) is 39.1 Å². The summed E-state index contributed by atoms with van der Waals surface area (Å²) >= 11 is 0. The van der Waals surface area contributed by atoms with E-state index in [1.807, 2.05) is 52.0 Å². The van der Waals surface area contributed by atoms with Crippen molar-refractivity contribution >= 4 is 33.5 Å². The zero-order valence-electron chi connectivity index (χ0n) is 32.6. The zero-order chi connectivity index (χ0) is 37.9. The van der Waals surface area contributed by atoms with Crippen LogP contribution in [0.5, 0.6) is 11.5 Å². The summed E-state index contributed by atoms with van der Waals surface area (Å²) in [6.45, 7) is 21.3. The van der Waals surface area contributed by atoms with Crippen molar-refractivity contribution in [2.45, 2.75) is 118 Å². The van der Waals surface area contributed by atoms with E-state index < -0.39 is 12.2 Å². The fourth-order valence-corrected chi connectivity index (χ4v) is 5.89. The first kappa shape index (κ1) is 42.5. The van der Waals surface area contributed by atoms with Crippen LogP contribution in [0.1, 0.15) is 103 Å². The molecule has 3 aromatic carbocycles. The number of esters is 2. The van der Waals surface area contributed by atoms with E-state index >= 15 is 0 Å². The number of carbonyl (C=O) groups is 2. The molecule has 0 amide bonds. The van der Waals surface area contributed by atoms with E-state index in [9.17, 15) is 9.59 Å². The quantitative estimate of drug-likeness (QED) is 0.0351. The monoisotopic (exact) mass is 718 g/mol. The van der Waals surface area contributed by atoms with E-state index in [0.717, 1.165) is 95.2 Å². The SMILES string of the molecule is C=C(C)COCC(COc1c2ccc(C)cc2c(OCC(COCC(=C)C)OC(=O)CCCCCC)c2ccc(C)cc12)OC(=O)CCCCCC. The summed E-state index contributed by atoms with van der Waals surface area (Å²) < 4.78 is 36.7. The van der Waals surface area contributed by atoms with Gasteiger partial charge in [-0.3, -0.25) is 9.59 Å². The van der Waals surface area contributed by atoms with Gasteiger partial charge in [0, 0.05) is 34.4 Å². The minimum Gasteiger partial charge on any atom is -0.488 e. The Morgan fingerprint density at radius 1 is 0.577 bits per heavy atom. The predicted octanol–water partition coefficient (Wildman–Crippen LogP) is 10.3. The molecule has 0 heterocycles. The van der Waals surface area contributed by atoms with Gasteiger partial charge in [-0.15, -0.1) is 0 Å². The van der Waals surface area contributed by atoms with Crippen molar-refractivity contribution in [2.24, 2.45) is 0 Å². The standard InChI is InChI=1S/C44H62O8/c1-9-11-13-15-17-41(45)51-35(27-47-25-31(3)4)29-49-43-37-21-19-34(8)24-40(37)44(38-22-20-33(7)23-39(38)43)50-30-36(28-48-26-32(5)6)52-42(46)18-16-14-12-10-2/h19-24,35-36H,3,5,9-18,25-30H2,1-2,4,6-8H3. The lowest BCUT2D eigenvalue weighted by Crippen LogP contribution is -2.30. The third-order valence-electron chi connectivity index (χ3n) is 8.53. The number of ether oxygens (including phenoxy) is 6. The molecule has 0 aliphatic rings.